The zero-order valence-electron chi connectivity index (χ0n) is 16.1. The van der Waals surface area contributed by atoms with Gasteiger partial charge in [0.05, 0.1) is 23.6 Å². The summed E-state index contributed by atoms with van der Waals surface area (Å²) in [4.78, 5) is 0. The number of rotatable bonds is 3. The van der Waals surface area contributed by atoms with Gasteiger partial charge in [-0.3, -0.25) is 0 Å². The van der Waals surface area contributed by atoms with E-state index in [9.17, 15) is 13.5 Å². The molecule has 1 aromatic rings. The zero-order valence-corrected chi connectivity index (χ0v) is 16.9. The highest BCUT2D eigenvalue weighted by Gasteiger charge is 2.51. The van der Waals surface area contributed by atoms with Gasteiger partial charge in [0.2, 0.25) is 10.0 Å². The van der Waals surface area contributed by atoms with Crippen molar-refractivity contribution in [2.24, 2.45) is 0 Å². The van der Waals surface area contributed by atoms with Gasteiger partial charge in [0, 0.05) is 19.0 Å². The summed E-state index contributed by atoms with van der Waals surface area (Å²) in [6, 6.07) is 7.88. The second kappa shape index (κ2) is 6.60. The normalized spacial score (nSPS) is 29.1. The van der Waals surface area contributed by atoms with E-state index in [1.165, 1.54) is 10.6 Å². The summed E-state index contributed by atoms with van der Waals surface area (Å²) in [7, 11) is -3.68. The van der Waals surface area contributed by atoms with Crippen molar-refractivity contribution in [3.63, 3.8) is 0 Å². The molecule has 3 rings (SSSR count). The van der Waals surface area contributed by atoms with Crippen LogP contribution in [0.1, 0.15) is 45.6 Å². The lowest BCUT2D eigenvalue weighted by Crippen LogP contribution is -2.45. The first kappa shape index (κ1) is 19.8. The van der Waals surface area contributed by atoms with Gasteiger partial charge in [-0.1, -0.05) is 24.3 Å². The number of β-amino-alcohol motifs (C(OH)–C–C–N with tert-alkyl or cyclic N) is 1. The second-order valence-electron chi connectivity index (χ2n) is 8.34. The third-order valence-corrected chi connectivity index (χ3v) is 7.17. The molecule has 6 nitrogen and oxygen atoms in total. The number of piperidine rings is 1. The minimum absolute atomic E-state index is 0.0691. The molecule has 0 aromatic heterocycles. The van der Waals surface area contributed by atoms with Crippen molar-refractivity contribution in [3.05, 3.63) is 29.8 Å². The van der Waals surface area contributed by atoms with Crippen molar-refractivity contribution in [1.29, 1.82) is 0 Å². The predicted octanol–water partition coefficient (Wildman–Crippen LogP) is 1.10. The Morgan fingerprint density at radius 1 is 1.12 bits per heavy atom. The first-order chi connectivity index (χ1) is 11.9. The van der Waals surface area contributed by atoms with Gasteiger partial charge in [-0.15, -0.1) is 0 Å². The zero-order chi connectivity index (χ0) is 19.3. The number of aliphatic hydroxyl groups is 1. The highest BCUT2D eigenvalue weighted by Crippen LogP contribution is 2.36. The van der Waals surface area contributed by atoms with Crippen LogP contribution in [0.2, 0.25) is 0 Å². The summed E-state index contributed by atoms with van der Waals surface area (Å²) in [5, 5.41) is 10.4. The number of benzene rings is 1. The Morgan fingerprint density at radius 3 is 2.12 bits per heavy atom. The molecule has 2 saturated heterocycles. The lowest BCUT2D eigenvalue weighted by Gasteiger charge is -2.34. The molecule has 2 aliphatic heterocycles. The standard InChI is InChI=1S/C18H28BNO5S/c1-17(2)18(3,4)25-19(24-17)14-8-6-13(7-9-14)15-10-11-20(12-16(15)21)26(5,22)23/h6-9,15-16,21H,10-12H2,1-5H3. The van der Waals surface area contributed by atoms with Crippen molar-refractivity contribution in [3.8, 4) is 0 Å². The van der Waals surface area contributed by atoms with E-state index in [2.05, 4.69) is 0 Å². The number of hydrogen-bond acceptors (Lipinski definition) is 5. The van der Waals surface area contributed by atoms with Gasteiger partial charge in [0.15, 0.2) is 0 Å². The van der Waals surface area contributed by atoms with Crippen LogP contribution < -0.4 is 5.46 Å². The lowest BCUT2D eigenvalue weighted by atomic mass is 9.77. The average Bonchev–Trinajstić information content (AvgIpc) is 2.75. The van der Waals surface area contributed by atoms with Crippen molar-refractivity contribution < 1.29 is 22.8 Å². The molecule has 0 spiro atoms. The molecule has 2 aliphatic rings. The highest BCUT2D eigenvalue weighted by molar-refractivity contribution is 7.88. The summed E-state index contributed by atoms with van der Waals surface area (Å²) in [5.74, 6) is -0.0691. The van der Waals surface area contributed by atoms with Crippen molar-refractivity contribution in [2.45, 2.75) is 57.3 Å². The first-order valence-corrected chi connectivity index (χ1v) is 10.8. The van der Waals surface area contributed by atoms with E-state index in [0.717, 1.165) is 11.0 Å². The molecule has 0 bridgehead atoms. The van der Waals surface area contributed by atoms with Crippen LogP contribution in [0, 0.1) is 0 Å². The van der Waals surface area contributed by atoms with Crippen molar-refractivity contribution in [1.82, 2.24) is 4.31 Å². The molecule has 26 heavy (non-hydrogen) atoms. The molecule has 1 N–H and O–H groups in total. The SMILES string of the molecule is CC1(C)OB(c2ccc(C3CCN(S(C)(=O)=O)CC3O)cc2)OC1(C)C. The third kappa shape index (κ3) is 3.71. The van der Waals surface area contributed by atoms with Crippen LogP contribution in [-0.4, -0.2) is 61.6 Å². The maximum atomic E-state index is 11.7. The van der Waals surface area contributed by atoms with E-state index in [1.807, 2.05) is 52.0 Å². The Kier molecular flexibility index (Phi) is 5.03. The summed E-state index contributed by atoms with van der Waals surface area (Å²) >= 11 is 0. The second-order valence-corrected chi connectivity index (χ2v) is 10.3. The van der Waals surface area contributed by atoms with Crippen LogP contribution in [0.25, 0.3) is 0 Å². The van der Waals surface area contributed by atoms with E-state index in [1.54, 1.807) is 0 Å². The van der Waals surface area contributed by atoms with Crippen LogP contribution in [0.15, 0.2) is 24.3 Å². The van der Waals surface area contributed by atoms with E-state index < -0.39 is 23.2 Å². The molecule has 2 heterocycles. The molecule has 1 aromatic carbocycles. The molecular formula is C18H28BNO5S. The fourth-order valence-corrected chi connectivity index (χ4v) is 4.33. The van der Waals surface area contributed by atoms with Crippen molar-refractivity contribution >= 4 is 22.6 Å². The molecule has 144 valence electrons. The minimum atomic E-state index is -3.26. The average molecular weight is 381 g/mol. The van der Waals surface area contributed by atoms with Gasteiger partial charge in [-0.05, 0) is 45.1 Å². The van der Waals surface area contributed by atoms with E-state index in [-0.39, 0.29) is 23.7 Å². The predicted molar refractivity (Wildman–Crippen MR) is 102 cm³/mol. The van der Waals surface area contributed by atoms with E-state index >= 15 is 0 Å². The molecule has 0 amide bonds. The largest absolute Gasteiger partial charge is 0.494 e. The van der Waals surface area contributed by atoms with Gasteiger partial charge in [-0.2, -0.15) is 4.31 Å². The molecule has 8 heteroatoms. The Labute approximate surface area is 156 Å². The molecule has 0 saturated carbocycles. The first-order valence-electron chi connectivity index (χ1n) is 8.99. The summed E-state index contributed by atoms with van der Waals surface area (Å²) < 4.78 is 36.8. The van der Waals surface area contributed by atoms with Crippen LogP contribution >= 0.6 is 0 Å². The molecule has 2 atom stereocenters. The molecule has 2 fully saturated rings. The Morgan fingerprint density at radius 2 is 1.65 bits per heavy atom. The minimum Gasteiger partial charge on any atom is -0.399 e. The van der Waals surface area contributed by atoms with Gasteiger partial charge in [0.25, 0.3) is 0 Å². The summed E-state index contributed by atoms with van der Waals surface area (Å²) in [5.41, 5.74) is 1.18. The smallest absolute Gasteiger partial charge is 0.399 e. The highest BCUT2D eigenvalue weighted by atomic mass is 32.2. The van der Waals surface area contributed by atoms with Crippen molar-refractivity contribution in [2.75, 3.05) is 19.3 Å². The van der Waals surface area contributed by atoms with E-state index in [4.69, 9.17) is 9.31 Å². The summed E-state index contributed by atoms with van der Waals surface area (Å²) in [6.07, 6.45) is 1.07. The monoisotopic (exact) mass is 381 g/mol. The Balaban J connectivity index is 1.71. The fourth-order valence-electron chi connectivity index (χ4n) is 3.47. The third-order valence-electron chi connectivity index (χ3n) is 5.90. The Hall–Kier alpha value is -0.925. The number of nitrogens with zero attached hydrogens (tertiary/aromatic N) is 1. The number of sulfonamides is 1. The Bertz CT molecular complexity index is 746. The van der Waals surface area contributed by atoms with Gasteiger partial charge < -0.3 is 14.4 Å². The molecule has 2 unspecified atom stereocenters. The van der Waals surface area contributed by atoms with Crippen LogP contribution in [0.3, 0.4) is 0 Å². The topological polar surface area (TPSA) is 76.1 Å². The van der Waals surface area contributed by atoms with E-state index in [0.29, 0.717) is 13.0 Å². The fraction of sp³-hybridized carbons (Fsp3) is 0.667. The number of hydrogen-bond donors (Lipinski definition) is 1. The molecule has 0 aliphatic carbocycles. The lowest BCUT2D eigenvalue weighted by molar-refractivity contribution is 0.00578. The quantitative estimate of drug-likeness (QED) is 0.794. The van der Waals surface area contributed by atoms with Gasteiger partial charge in [0.1, 0.15) is 0 Å². The summed E-state index contributed by atoms with van der Waals surface area (Å²) in [6.45, 7) is 8.66. The van der Waals surface area contributed by atoms with Crippen LogP contribution in [0.4, 0.5) is 0 Å². The maximum Gasteiger partial charge on any atom is 0.494 e. The molecular weight excluding hydrogens is 353 g/mol. The van der Waals surface area contributed by atoms with Gasteiger partial charge in [-0.25, -0.2) is 8.42 Å². The molecule has 0 radical (unpaired) electrons. The van der Waals surface area contributed by atoms with Crippen LogP contribution in [-0.2, 0) is 19.3 Å². The maximum absolute atomic E-state index is 11.7. The van der Waals surface area contributed by atoms with Gasteiger partial charge >= 0.3 is 7.12 Å². The van der Waals surface area contributed by atoms with Crippen LogP contribution in [0.5, 0.6) is 0 Å². The number of aliphatic hydroxyl groups excluding tert-OH is 1.